The molecule has 0 radical (unpaired) electrons. The van der Waals surface area contributed by atoms with Crippen molar-refractivity contribution in [2.75, 3.05) is 32.1 Å². The number of carboxylic acids is 1. The summed E-state index contributed by atoms with van der Waals surface area (Å²) in [7, 11) is 3.29. The normalized spacial score (nSPS) is 10.1. The molecule has 7 nitrogen and oxygen atoms in total. The van der Waals surface area contributed by atoms with Crippen LogP contribution in [0.3, 0.4) is 0 Å². The number of aromatic nitrogens is 1. The molecule has 1 N–H and O–H groups in total. The molecule has 0 aliphatic rings. The lowest BCUT2D eigenvalue weighted by molar-refractivity contribution is -0.127. The number of rotatable bonds is 5. The number of likely N-dealkylation sites (N-methyl/N-ethyl adjacent to an activating group) is 2. The first-order valence-corrected chi connectivity index (χ1v) is 5.09. The highest BCUT2D eigenvalue weighted by molar-refractivity contribution is 5.85. The number of oxazole rings is 1. The van der Waals surface area contributed by atoms with Gasteiger partial charge in [0.05, 0.1) is 0 Å². The molecule has 94 valence electrons. The Morgan fingerprint density at radius 3 is 2.53 bits per heavy atom. The van der Waals surface area contributed by atoms with Gasteiger partial charge in [-0.15, -0.1) is 0 Å². The van der Waals surface area contributed by atoms with Gasteiger partial charge in [-0.1, -0.05) is 0 Å². The summed E-state index contributed by atoms with van der Waals surface area (Å²) in [6.07, 6.45) is 1.06. The maximum absolute atomic E-state index is 11.5. The van der Waals surface area contributed by atoms with E-state index >= 15 is 0 Å². The quantitative estimate of drug-likeness (QED) is 0.797. The van der Waals surface area contributed by atoms with Crippen LogP contribution in [0.25, 0.3) is 0 Å². The zero-order valence-electron chi connectivity index (χ0n) is 10.0. The summed E-state index contributed by atoms with van der Waals surface area (Å²) < 4.78 is 5.02. The number of carbonyl (C=O) groups is 2. The van der Waals surface area contributed by atoms with Gasteiger partial charge in [0, 0.05) is 20.6 Å². The minimum absolute atomic E-state index is 0.100. The van der Waals surface area contributed by atoms with Crippen molar-refractivity contribution in [3.8, 4) is 0 Å². The van der Waals surface area contributed by atoms with E-state index in [1.54, 1.807) is 19.0 Å². The van der Waals surface area contributed by atoms with Crippen molar-refractivity contribution >= 4 is 17.9 Å². The number of hydrogen-bond acceptors (Lipinski definition) is 5. The molecule has 1 heterocycles. The lowest BCUT2D eigenvalue weighted by Crippen LogP contribution is -2.36. The van der Waals surface area contributed by atoms with Crippen LogP contribution in [0, 0.1) is 0 Å². The Kier molecular flexibility index (Phi) is 4.08. The second kappa shape index (κ2) is 5.33. The number of amides is 1. The van der Waals surface area contributed by atoms with Crippen LogP contribution >= 0.6 is 0 Å². The third-order valence-electron chi connectivity index (χ3n) is 2.19. The fourth-order valence-corrected chi connectivity index (χ4v) is 1.13. The minimum atomic E-state index is -1.16. The summed E-state index contributed by atoms with van der Waals surface area (Å²) in [6, 6.07) is 0.139. The Morgan fingerprint density at radius 1 is 1.47 bits per heavy atom. The molecule has 0 saturated carbocycles. The van der Waals surface area contributed by atoms with Crippen LogP contribution < -0.4 is 4.90 Å². The van der Waals surface area contributed by atoms with Crippen LogP contribution in [0.15, 0.2) is 10.7 Å². The molecule has 7 heteroatoms. The maximum Gasteiger partial charge on any atom is 0.357 e. The third-order valence-corrected chi connectivity index (χ3v) is 2.19. The molecule has 17 heavy (non-hydrogen) atoms. The van der Waals surface area contributed by atoms with Crippen LogP contribution in [0.2, 0.25) is 0 Å². The number of carboxylic acid groups (broad SMARTS) is 1. The van der Waals surface area contributed by atoms with E-state index in [1.165, 1.54) is 4.90 Å². The Morgan fingerprint density at radius 2 is 2.12 bits per heavy atom. The van der Waals surface area contributed by atoms with Crippen molar-refractivity contribution in [3.05, 3.63) is 12.0 Å². The third kappa shape index (κ3) is 3.20. The first-order chi connectivity index (χ1) is 7.95. The van der Waals surface area contributed by atoms with E-state index in [0.717, 1.165) is 6.26 Å². The van der Waals surface area contributed by atoms with E-state index in [2.05, 4.69) is 4.98 Å². The summed E-state index contributed by atoms with van der Waals surface area (Å²) in [6.45, 7) is 2.43. The van der Waals surface area contributed by atoms with Crippen molar-refractivity contribution in [1.82, 2.24) is 9.88 Å². The van der Waals surface area contributed by atoms with Gasteiger partial charge in [-0.3, -0.25) is 4.79 Å². The maximum atomic E-state index is 11.5. The second-order valence-corrected chi connectivity index (χ2v) is 3.62. The first kappa shape index (κ1) is 13.0. The Labute approximate surface area is 98.6 Å². The molecule has 0 fully saturated rings. The van der Waals surface area contributed by atoms with Crippen LogP contribution in [-0.4, -0.2) is 54.1 Å². The lowest BCUT2D eigenvalue weighted by atomic mass is 10.4. The summed E-state index contributed by atoms with van der Waals surface area (Å²) in [4.78, 5) is 29.0. The highest BCUT2D eigenvalue weighted by Gasteiger charge is 2.18. The predicted molar refractivity (Wildman–Crippen MR) is 60.0 cm³/mol. The zero-order valence-corrected chi connectivity index (χ0v) is 10.0. The number of anilines is 1. The topological polar surface area (TPSA) is 86.9 Å². The van der Waals surface area contributed by atoms with Crippen LogP contribution in [0.5, 0.6) is 0 Å². The van der Waals surface area contributed by atoms with Gasteiger partial charge >= 0.3 is 5.97 Å². The van der Waals surface area contributed by atoms with Crippen molar-refractivity contribution in [2.24, 2.45) is 0 Å². The van der Waals surface area contributed by atoms with E-state index in [-0.39, 0.29) is 24.2 Å². The summed E-state index contributed by atoms with van der Waals surface area (Å²) in [5.41, 5.74) is -0.171. The van der Waals surface area contributed by atoms with E-state index in [9.17, 15) is 9.59 Å². The summed E-state index contributed by atoms with van der Waals surface area (Å²) in [5.74, 6) is -1.27. The molecule has 0 aliphatic carbocycles. The van der Waals surface area contributed by atoms with Crippen LogP contribution in [0.4, 0.5) is 6.01 Å². The van der Waals surface area contributed by atoms with Crippen LogP contribution in [0.1, 0.15) is 17.4 Å². The highest BCUT2D eigenvalue weighted by Crippen LogP contribution is 2.13. The van der Waals surface area contributed by atoms with Gasteiger partial charge in [0.2, 0.25) is 5.91 Å². The Bertz CT molecular complexity index is 413. The van der Waals surface area contributed by atoms with E-state index in [4.69, 9.17) is 9.52 Å². The molecule has 1 rings (SSSR count). The van der Waals surface area contributed by atoms with Gasteiger partial charge in [0.25, 0.3) is 6.01 Å². The molecule has 0 atom stereocenters. The Balaban J connectivity index is 2.79. The molecule has 0 bridgehead atoms. The SMILES string of the molecule is CCN(CC(=O)N(C)C)c1nc(C(=O)O)co1. The van der Waals surface area contributed by atoms with Gasteiger partial charge in [-0.2, -0.15) is 4.98 Å². The molecule has 0 spiro atoms. The largest absolute Gasteiger partial charge is 0.476 e. The molecule has 0 aromatic carbocycles. The number of carbonyl (C=O) groups excluding carboxylic acids is 1. The number of nitrogens with zero attached hydrogens (tertiary/aromatic N) is 3. The van der Waals surface area contributed by atoms with Crippen molar-refractivity contribution in [2.45, 2.75) is 6.92 Å². The van der Waals surface area contributed by atoms with E-state index < -0.39 is 5.97 Å². The van der Waals surface area contributed by atoms with Gasteiger partial charge in [-0.25, -0.2) is 4.79 Å². The standard InChI is InChI=1S/C10H15N3O4/c1-4-13(5-8(14)12(2)3)10-11-7(6-17-10)9(15)16/h6H,4-5H2,1-3H3,(H,15,16). The Hall–Kier alpha value is -2.05. The van der Waals surface area contributed by atoms with Gasteiger partial charge in [0.1, 0.15) is 12.8 Å². The molecule has 1 aromatic rings. The summed E-state index contributed by atoms with van der Waals surface area (Å²) >= 11 is 0. The molecular weight excluding hydrogens is 226 g/mol. The van der Waals surface area contributed by atoms with E-state index in [1.807, 2.05) is 6.92 Å². The van der Waals surface area contributed by atoms with Crippen molar-refractivity contribution < 1.29 is 19.1 Å². The van der Waals surface area contributed by atoms with Crippen LogP contribution in [-0.2, 0) is 4.79 Å². The highest BCUT2D eigenvalue weighted by atomic mass is 16.4. The van der Waals surface area contributed by atoms with Crippen molar-refractivity contribution in [1.29, 1.82) is 0 Å². The number of aromatic carboxylic acids is 1. The molecule has 1 aromatic heterocycles. The van der Waals surface area contributed by atoms with Gasteiger partial charge in [0.15, 0.2) is 5.69 Å². The molecule has 0 saturated heterocycles. The monoisotopic (exact) mass is 241 g/mol. The molecular formula is C10H15N3O4. The second-order valence-electron chi connectivity index (χ2n) is 3.62. The zero-order chi connectivity index (χ0) is 13.0. The van der Waals surface area contributed by atoms with Gasteiger partial charge < -0.3 is 19.3 Å². The molecule has 1 amide bonds. The molecule has 0 aliphatic heterocycles. The predicted octanol–water partition coefficient (Wildman–Crippen LogP) is 0.287. The average molecular weight is 241 g/mol. The van der Waals surface area contributed by atoms with E-state index in [0.29, 0.717) is 6.54 Å². The number of hydrogen-bond donors (Lipinski definition) is 1. The lowest BCUT2D eigenvalue weighted by Gasteiger charge is -2.19. The minimum Gasteiger partial charge on any atom is -0.476 e. The van der Waals surface area contributed by atoms with Gasteiger partial charge in [-0.05, 0) is 6.92 Å². The summed E-state index contributed by atoms with van der Waals surface area (Å²) in [5, 5.41) is 8.71. The first-order valence-electron chi connectivity index (χ1n) is 5.09. The van der Waals surface area contributed by atoms with Crippen molar-refractivity contribution in [3.63, 3.8) is 0 Å². The molecule has 0 unspecified atom stereocenters. The fourth-order valence-electron chi connectivity index (χ4n) is 1.13. The average Bonchev–Trinajstić information content (AvgIpc) is 2.74. The fraction of sp³-hybridized carbons (Fsp3) is 0.500. The smallest absolute Gasteiger partial charge is 0.357 e.